The fourth-order valence-electron chi connectivity index (χ4n) is 4.16. The van der Waals surface area contributed by atoms with Crippen molar-refractivity contribution in [2.45, 2.75) is 19.3 Å². The molecule has 4 aromatic rings. The van der Waals surface area contributed by atoms with Crippen LogP contribution >= 0.6 is 0 Å². The van der Waals surface area contributed by atoms with E-state index in [1.54, 1.807) is 13.3 Å². The van der Waals surface area contributed by atoms with Crippen molar-refractivity contribution in [3.05, 3.63) is 119 Å². The fraction of sp³-hybridized carbons (Fsp3) is 0.143. The Morgan fingerprint density at radius 3 is 2.53 bits per heavy atom. The van der Waals surface area contributed by atoms with Crippen molar-refractivity contribution in [3.63, 3.8) is 0 Å². The first-order valence-electron chi connectivity index (χ1n) is 11.1. The van der Waals surface area contributed by atoms with Crippen LogP contribution in [0.15, 0.2) is 97.2 Å². The molecule has 1 N–H and O–H groups in total. The van der Waals surface area contributed by atoms with E-state index in [0.29, 0.717) is 24.6 Å². The van der Waals surface area contributed by atoms with Crippen molar-refractivity contribution in [1.82, 2.24) is 9.88 Å². The molecule has 5 rings (SSSR count). The highest BCUT2D eigenvalue weighted by atomic mass is 16.5. The molecular formula is C28H25N3O3. The first-order valence-corrected chi connectivity index (χ1v) is 11.1. The van der Waals surface area contributed by atoms with E-state index in [-0.39, 0.29) is 12.1 Å². The van der Waals surface area contributed by atoms with Gasteiger partial charge in [-0.2, -0.15) is 0 Å². The summed E-state index contributed by atoms with van der Waals surface area (Å²) in [5, 5.41) is 3.56. The second kappa shape index (κ2) is 9.67. The smallest absolute Gasteiger partial charge is 0.258 e. The van der Waals surface area contributed by atoms with Gasteiger partial charge in [0.1, 0.15) is 18.5 Å². The minimum Gasteiger partial charge on any atom is -0.496 e. The Morgan fingerprint density at radius 1 is 0.941 bits per heavy atom. The van der Waals surface area contributed by atoms with Crippen LogP contribution in [0.25, 0.3) is 0 Å². The Bertz CT molecular complexity index is 1280. The molecule has 3 aromatic carbocycles. The largest absolute Gasteiger partial charge is 0.496 e. The molecule has 0 saturated heterocycles. The lowest BCUT2D eigenvalue weighted by Gasteiger charge is -2.38. The van der Waals surface area contributed by atoms with E-state index in [9.17, 15) is 4.79 Å². The van der Waals surface area contributed by atoms with Gasteiger partial charge >= 0.3 is 0 Å². The van der Waals surface area contributed by atoms with Crippen LogP contribution in [0.4, 0.5) is 5.69 Å². The molecule has 170 valence electrons. The Hall–Kier alpha value is -4.32. The minimum absolute atomic E-state index is 0.00898. The topological polar surface area (TPSA) is 63.7 Å². The Morgan fingerprint density at radius 2 is 1.74 bits per heavy atom. The number of ether oxygens (including phenoxy) is 2. The van der Waals surface area contributed by atoms with Gasteiger partial charge in [-0.15, -0.1) is 0 Å². The maximum Gasteiger partial charge on any atom is 0.258 e. The molecule has 6 nitrogen and oxygen atoms in total. The molecule has 1 atom stereocenters. The quantitative estimate of drug-likeness (QED) is 0.406. The molecule has 0 aliphatic carbocycles. The Kier molecular flexibility index (Phi) is 6.12. The molecule has 0 spiro atoms. The summed E-state index contributed by atoms with van der Waals surface area (Å²) in [7, 11) is 1.64. The van der Waals surface area contributed by atoms with Gasteiger partial charge in [0.05, 0.1) is 12.7 Å². The van der Waals surface area contributed by atoms with E-state index < -0.39 is 0 Å². The second-order valence-electron chi connectivity index (χ2n) is 8.04. The van der Waals surface area contributed by atoms with Crippen LogP contribution in [0.2, 0.25) is 0 Å². The number of fused-ring (bicyclic) bond motifs is 1. The van der Waals surface area contributed by atoms with Crippen LogP contribution in [0.1, 0.15) is 33.2 Å². The second-order valence-corrected chi connectivity index (χ2v) is 8.04. The highest BCUT2D eigenvalue weighted by molar-refractivity contribution is 6.01. The number of nitrogens with zero attached hydrogens (tertiary/aromatic N) is 2. The molecule has 2 heterocycles. The summed E-state index contributed by atoms with van der Waals surface area (Å²) < 4.78 is 11.5. The van der Waals surface area contributed by atoms with Crippen molar-refractivity contribution in [2.75, 3.05) is 12.4 Å². The molecule has 1 aromatic heterocycles. The summed E-state index contributed by atoms with van der Waals surface area (Å²) >= 11 is 0. The lowest BCUT2D eigenvalue weighted by atomic mass is 10.0. The zero-order valence-corrected chi connectivity index (χ0v) is 18.8. The predicted octanol–water partition coefficient (Wildman–Crippen LogP) is 5.44. The van der Waals surface area contributed by atoms with Crippen LogP contribution in [0, 0.1) is 0 Å². The highest BCUT2D eigenvalue weighted by Gasteiger charge is 2.33. The molecule has 1 aliphatic heterocycles. The van der Waals surface area contributed by atoms with Gasteiger partial charge in [0.15, 0.2) is 0 Å². The number of amides is 1. The molecule has 6 heteroatoms. The third kappa shape index (κ3) is 4.43. The van der Waals surface area contributed by atoms with E-state index in [0.717, 1.165) is 28.1 Å². The van der Waals surface area contributed by atoms with E-state index in [1.807, 2.05) is 95.9 Å². The van der Waals surface area contributed by atoms with Crippen molar-refractivity contribution in [2.24, 2.45) is 0 Å². The van der Waals surface area contributed by atoms with Gasteiger partial charge in [-0.25, -0.2) is 4.98 Å². The van der Waals surface area contributed by atoms with Crippen LogP contribution in [-0.2, 0) is 13.2 Å². The van der Waals surface area contributed by atoms with Crippen molar-refractivity contribution < 1.29 is 14.3 Å². The number of aromatic nitrogens is 1. The number of anilines is 1. The lowest BCUT2D eigenvalue weighted by Crippen LogP contribution is -2.42. The third-order valence-electron chi connectivity index (χ3n) is 5.85. The predicted molar refractivity (Wildman–Crippen MR) is 131 cm³/mol. The normalized spacial score (nSPS) is 14.8. The number of hydrogen-bond acceptors (Lipinski definition) is 5. The SMILES string of the molecule is COc1ccc([C@@H]2Nc3ccccc3C(=O)N2Cc2ccccc2)cc1COc1ccccn1. The molecule has 0 saturated carbocycles. The average Bonchev–Trinajstić information content (AvgIpc) is 2.90. The first-order chi connectivity index (χ1) is 16.7. The van der Waals surface area contributed by atoms with Gasteiger partial charge in [-0.3, -0.25) is 4.79 Å². The number of carbonyl (C=O) groups excluding carboxylic acids is 1. The summed E-state index contributed by atoms with van der Waals surface area (Å²) in [6, 6.07) is 29.1. The summed E-state index contributed by atoms with van der Waals surface area (Å²) in [5.74, 6) is 1.25. The van der Waals surface area contributed by atoms with Gasteiger partial charge in [0, 0.05) is 30.1 Å². The van der Waals surface area contributed by atoms with E-state index in [2.05, 4.69) is 10.3 Å². The van der Waals surface area contributed by atoms with E-state index >= 15 is 0 Å². The molecule has 0 fully saturated rings. The summed E-state index contributed by atoms with van der Waals surface area (Å²) in [6.07, 6.45) is 1.35. The number of pyridine rings is 1. The zero-order chi connectivity index (χ0) is 23.3. The minimum atomic E-state index is -0.345. The molecule has 0 radical (unpaired) electrons. The number of rotatable bonds is 7. The number of para-hydroxylation sites is 1. The summed E-state index contributed by atoms with van der Waals surface area (Å²) in [6.45, 7) is 0.779. The number of methoxy groups -OCH3 is 1. The van der Waals surface area contributed by atoms with Crippen molar-refractivity contribution >= 4 is 11.6 Å². The highest BCUT2D eigenvalue weighted by Crippen LogP contribution is 2.35. The number of nitrogens with one attached hydrogen (secondary N) is 1. The lowest BCUT2D eigenvalue weighted by molar-refractivity contribution is 0.0666. The molecule has 1 amide bonds. The Balaban J connectivity index is 1.49. The molecular weight excluding hydrogens is 426 g/mol. The maximum atomic E-state index is 13.6. The molecule has 0 unspecified atom stereocenters. The van der Waals surface area contributed by atoms with Gasteiger partial charge in [0.25, 0.3) is 5.91 Å². The molecule has 1 aliphatic rings. The van der Waals surface area contributed by atoms with E-state index in [1.165, 1.54) is 0 Å². The number of hydrogen-bond donors (Lipinski definition) is 1. The van der Waals surface area contributed by atoms with Gasteiger partial charge in [-0.05, 0) is 41.5 Å². The van der Waals surface area contributed by atoms with Crippen LogP contribution < -0.4 is 14.8 Å². The van der Waals surface area contributed by atoms with Crippen LogP contribution in [-0.4, -0.2) is 22.9 Å². The summed E-state index contributed by atoms with van der Waals surface area (Å²) in [5.41, 5.74) is 4.37. The van der Waals surface area contributed by atoms with Crippen molar-refractivity contribution in [3.8, 4) is 11.6 Å². The number of carbonyl (C=O) groups is 1. The van der Waals surface area contributed by atoms with E-state index in [4.69, 9.17) is 9.47 Å². The Labute approximate surface area is 198 Å². The first kappa shape index (κ1) is 21.5. The fourth-order valence-corrected chi connectivity index (χ4v) is 4.16. The monoisotopic (exact) mass is 451 g/mol. The van der Waals surface area contributed by atoms with Crippen LogP contribution in [0.3, 0.4) is 0 Å². The summed E-state index contributed by atoms with van der Waals surface area (Å²) in [4.78, 5) is 19.6. The zero-order valence-electron chi connectivity index (χ0n) is 18.8. The third-order valence-corrected chi connectivity index (χ3v) is 5.85. The van der Waals surface area contributed by atoms with Gasteiger partial charge < -0.3 is 19.7 Å². The average molecular weight is 452 g/mol. The van der Waals surface area contributed by atoms with Crippen molar-refractivity contribution in [1.29, 1.82) is 0 Å². The molecule has 0 bridgehead atoms. The van der Waals surface area contributed by atoms with Gasteiger partial charge in [0.2, 0.25) is 5.88 Å². The molecule has 34 heavy (non-hydrogen) atoms. The van der Waals surface area contributed by atoms with Crippen LogP contribution in [0.5, 0.6) is 11.6 Å². The number of benzene rings is 3. The maximum absolute atomic E-state index is 13.6. The van der Waals surface area contributed by atoms with Gasteiger partial charge in [-0.1, -0.05) is 54.6 Å². The standard InChI is InChI=1S/C28H25N3O3/c1-33-25-15-14-21(17-22(25)19-34-26-13-7-8-16-29-26)27-30-24-12-6-5-11-23(24)28(32)31(27)18-20-9-3-2-4-10-20/h2-17,27,30H,18-19H2,1H3/t27-/m1/s1.